The van der Waals surface area contributed by atoms with Gasteiger partial charge in [0.1, 0.15) is 0 Å². The lowest BCUT2D eigenvalue weighted by Gasteiger charge is -2.37. The molecule has 0 N–H and O–H groups in total. The second kappa shape index (κ2) is 10.3. The molecule has 2 aliphatic rings. The van der Waals surface area contributed by atoms with Crippen molar-refractivity contribution < 1.29 is 0 Å². The first kappa shape index (κ1) is 26.0. The Balaban J connectivity index is 1.39. The van der Waals surface area contributed by atoms with E-state index in [1.54, 1.807) is 0 Å². The highest BCUT2D eigenvalue weighted by atomic mass is 14.5. The Labute approximate surface area is 264 Å². The van der Waals surface area contributed by atoms with Gasteiger partial charge in [-0.3, -0.25) is 0 Å². The van der Waals surface area contributed by atoms with E-state index < -0.39 is 0 Å². The van der Waals surface area contributed by atoms with Gasteiger partial charge >= 0.3 is 0 Å². The summed E-state index contributed by atoms with van der Waals surface area (Å²) in [5, 5.41) is 5.15. The van der Waals surface area contributed by atoms with Crippen LogP contribution in [0.25, 0.3) is 54.9 Å². The Bertz CT molecular complexity index is 2250. The van der Waals surface area contributed by atoms with Crippen molar-refractivity contribution in [3.05, 3.63) is 192 Å². The molecule has 0 bridgehead atoms. The number of hydrogen-bond acceptors (Lipinski definition) is 0. The van der Waals surface area contributed by atoms with Crippen LogP contribution < -0.4 is 0 Å². The van der Waals surface area contributed by atoms with Gasteiger partial charge in [0.15, 0.2) is 0 Å². The van der Waals surface area contributed by atoms with Crippen molar-refractivity contribution in [2.75, 3.05) is 0 Å². The van der Waals surface area contributed by atoms with Crippen molar-refractivity contribution in [2.24, 2.45) is 0 Å². The summed E-state index contributed by atoms with van der Waals surface area (Å²) in [6, 6.07) is 56.4. The molecule has 0 fully saturated rings. The van der Waals surface area contributed by atoms with Crippen molar-refractivity contribution in [1.29, 1.82) is 0 Å². The summed E-state index contributed by atoms with van der Waals surface area (Å²) in [5.74, 6) is 0. The third kappa shape index (κ3) is 3.79. The Morgan fingerprint density at radius 2 is 1.00 bits per heavy atom. The van der Waals surface area contributed by atoms with Gasteiger partial charge in [0, 0.05) is 0 Å². The third-order valence-corrected chi connectivity index (χ3v) is 10.0. The van der Waals surface area contributed by atoms with Gasteiger partial charge in [0.2, 0.25) is 0 Å². The molecule has 7 aromatic rings. The van der Waals surface area contributed by atoms with Gasteiger partial charge in [-0.05, 0) is 90.5 Å². The van der Waals surface area contributed by atoms with Crippen molar-refractivity contribution >= 4 is 21.5 Å². The molecule has 0 heteroatoms. The van der Waals surface area contributed by atoms with Crippen molar-refractivity contribution in [2.45, 2.75) is 18.3 Å². The maximum Gasteiger partial charge on any atom is 0.0676 e. The van der Waals surface area contributed by atoms with Crippen molar-refractivity contribution in [3.63, 3.8) is 0 Å². The number of fused-ring (bicyclic) bond motifs is 5. The lowest BCUT2D eigenvalue weighted by atomic mass is 9.65. The fourth-order valence-electron chi connectivity index (χ4n) is 8.24. The zero-order valence-corrected chi connectivity index (χ0v) is 25.1. The van der Waals surface area contributed by atoms with Gasteiger partial charge in [-0.25, -0.2) is 0 Å². The predicted octanol–water partition coefficient (Wildman–Crippen LogP) is 11.9. The van der Waals surface area contributed by atoms with Crippen LogP contribution in [0.15, 0.2) is 175 Å². The predicted molar refractivity (Wildman–Crippen MR) is 191 cm³/mol. The highest BCUT2D eigenvalue weighted by Gasteiger charge is 2.47. The Kier molecular flexibility index (Phi) is 5.96. The van der Waals surface area contributed by atoms with Gasteiger partial charge in [0.25, 0.3) is 0 Å². The molecule has 0 amide bonds. The van der Waals surface area contributed by atoms with Crippen LogP contribution in [-0.4, -0.2) is 0 Å². The zero-order chi connectivity index (χ0) is 29.8. The Hall–Kier alpha value is -5.46. The molecule has 212 valence electrons. The molecule has 0 radical (unpaired) electrons. The minimum Gasteiger partial charge on any atom is -0.0842 e. The first-order chi connectivity index (χ1) is 22.4. The summed E-state index contributed by atoms with van der Waals surface area (Å²) in [7, 11) is 0. The first-order valence-corrected chi connectivity index (χ1v) is 16.0. The molecular formula is C45H32. The molecule has 2 aliphatic carbocycles. The van der Waals surface area contributed by atoms with Gasteiger partial charge in [-0.15, -0.1) is 0 Å². The molecule has 0 heterocycles. The molecule has 7 aromatic carbocycles. The fourth-order valence-corrected chi connectivity index (χ4v) is 8.24. The standard InChI is InChI=1S/C45H32/c1-4-16-31(17-5-1)43-37-23-10-12-25-39(37)44(40-26-13-11-24-38(40)43)32-28-29-36-35-22-14-15-27-41(35)45(42(36)30-32,33-18-6-2-7-19-33)34-20-8-3-9-21-34/h1-8,10-20,22-30H,9,21H2. The number of benzene rings is 7. The number of hydrogen-bond donors (Lipinski definition) is 0. The van der Waals surface area contributed by atoms with Crippen molar-refractivity contribution in [3.8, 4) is 33.4 Å². The van der Waals surface area contributed by atoms with Crippen LogP contribution in [0.5, 0.6) is 0 Å². The van der Waals surface area contributed by atoms with Crippen molar-refractivity contribution in [1.82, 2.24) is 0 Å². The molecule has 1 atom stereocenters. The number of rotatable bonds is 4. The average Bonchev–Trinajstić information content (AvgIpc) is 3.42. The lowest BCUT2D eigenvalue weighted by Crippen LogP contribution is -2.30. The van der Waals surface area contributed by atoms with Crippen LogP contribution in [0, 0.1) is 0 Å². The largest absolute Gasteiger partial charge is 0.0842 e. The highest BCUT2D eigenvalue weighted by molar-refractivity contribution is 6.21. The molecular weight excluding hydrogens is 540 g/mol. The minimum absolute atomic E-state index is 0.344. The summed E-state index contributed by atoms with van der Waals surface area (Å²) in [6.45, 7) is 0. The topological polar surface area (TPSA) is 0 Å². The van der Waals surface area contributed by atoms with E-state index in [0.29, 0.717) is 0 Å². The van der Waals surface area contributed by atoms with E-state index in [-0.39, 0.29) is 5.41 Å². The van der Waals surface area contributed by atoms with Crippen LogP contribution in [0.4, 0.5) is 0 Å². The molecule has 0 aromatic heterocycles. The SMILES string of the molecule is C1=CCCC(C2(c3ccccc3)c3ccccc3-c3ccc(-c4c5ccccc5c(-c5ccccc5)c5ccccc45)cc32)=C1. The molecule has 1 unspecified atom stereocenters. The Morgan fingerprint density at radius 3 is 1.64 bits per heavy atom. The van der Waals surface area contributed by atoms with E-state index in [0.717, 1.165) is 12.8 Å². The van der Waals surface area contributed by atoms with E-state index in [2.05, 4.69) is 170 Å². The first-order valence-electron chi connectivity index (χ1n) is 16.0. The summed E-state index contributed by atoms with van der Waals surface area (Å²) >= 11 is 0. The summed E-state index contributed by atoms with van der Waals surface area (Å²) in [5.41, 5.74) is 13.0. The minimum atomic E-state index is -0.344. The summed E-state index contributed by atoms with van der Waals surface area (Å²) in [4.78, 5) is 0. The average molecular weight is 573 g/mol. The monoisotopic (exact) mass is 572 g/mol. The normalized spacial score (nSPS) is 16.8. The van der Waals surface area contributed by atoms with Crippen LogP contribution in [0.3, 0.4) is 0 Å². The number of allylic oxidation sites excluding steroid dienone is 4. The van der Waals surface area contributed by atoms with Crippen LogP contribution >= 0.6 is 0 Å². The maximum atomic E-state index is 2.53. The van der Waals surface area contributed by atoms with Crippen LogP contribution in [0.2, 0.25) is 0 Å². The second-order valence-electron chi connectivity index (χ2n) is 12.3. The van der Waals surface area contributed by atoms with Crippen LogP contribution in [0.1, 0.15) is 29.5 Å². The highest BCUT2D eigenvalue weighted by Crippen LogP contribution is 2.58. The van der Waals surface area contributed by atoms with E-state index in [4.69, 9.17) is 0 Å². The maximum absolute atomic E-state index is 2.53. The molecule has 45 heavy (non-hydrogen) atoms. The molecule has 0 nitrogen and oxygen atoms in total. The molecule has 0 aliphatic heterocycles. The summed E-state index contributed by atoms with van der Waals surface area (Å²) in [6.07, 6.45) is 9.05. The molecule has 9 rings (SSSR count). The van der Waals surface area contributed by atoms with Gasteiger partial charge < -0.3 is 0 Å². The van der Waals surface area contributed by atoms with E-state index >= 15 is 0 Å². The second-order valence-corrected chi connectivity index (χ2v) is 12.3. The quantitative estimate of drug-likeness (QED) is 0.184. The smallest absolute Gasteiger partial charge is 0.0676 e. The van der Waals surface area contributed by atoms with E-state index in [1.165, 1.54) is 77.2 Å². The van der Waals surface area contributed by atoms with Gasteiger partial charge in [0.05, 0.1) is 5.41 Å². The summed E-state index contributed by atoms with van der Waals surface area (Å²) < 4.78 is 0. The van der Waals surface area contributed by atoms with Gasteiger partial charge in [-0.1, -0.05) is 169 Å². The van der Waals surface area contributed by atoms with E-state index in [1.807, 2.05) is 0 Å². The van der Waals surface area contributed by atoms with E-state index in [9.17, 15) is 0 Å². The lowest BCUT2D eigenvalue weighted by molar-refractivity contribution is 0.693. The Morgan fingerprint density at radius 1 is 0.444 bits per heavy atom. The molecule has 0 saturated heterocycles. The third-order valence-electron chi connectivity index (χ3n) is 10.0. The molecule has 0 saturated carbocycles. The molecule has 0 spiro atoms. The fraction of sp³-hybridized carbons (Fsp3) is 0.0667. The zero-order valence-electron chi connectivity index (χ0n) is 25.1. The van der Waals surface area contributed by atoms with Crippen LogP contribution in [-0.2, 0) is 5.41 Å². The van der Waals surface area contributed by atoms with Gasteiger partial charge in [-0.2, -0.15) is 0 Å².